The Balaban J connectivity index is 1.71. The first-order valence-corrected chi connectivity index (χ1v) is 14.0. The van der Waals surface area contributed by atoms with Crippen molar-refractivity contribution in [3.8, 4) is 0 Å². The zero-order valence-corrected chi connectivity index (χ0v) is 21.1. The molecule has 1 atom stereocenters. The average molecular weight is 514 g/mol. The van der Waals surface area contributed by atoms with E-state index in [-0.39, 0.29) is 29.4 Å². The van der Waals surface area contributed by atoms with Crippen molar-refractivity contribution >= 4 is 31.6 Å². The zero-order chi connectivity index (χ0) is 25.2. The lowest BCUT2D eigenvalue weighted by molar-refractivity contribution is -0.120. The van der Waals surface area contributed by atoms with Gasteiger partial charge in [-0.1, -0.05) is 48.5 Å². The number of sulfonamides is 2. The van der Waals surface area contributed by atoms with E-state index >= 15 is 0 Å². The highest BCUT2D eigenvalue weighted by Crippen LogP contribution is 2.27. The SMILES string of the molecule is Cc1cccc(NC(=O)[C@H]2CN(S(=O)(=O)c3ccccc3)CCN2S(=O)(=O)c2ccccc2)c1C. The van der Waals surface area contributed by atoms with E-state index in [1.165, 1.54) is 28.6 Å². The molecule has 0 spiro atoms. The van der Waals surface area contributed by atoms with Crippen LogP contribution in [-0.2, 0) is 24.8 Å². The highest BCUT2D eigenvalue weighted by molar-refractivity contribution is 7.89. The van der Waals surface area contributed by atoms with Crippen molar-refractivity contribution in [3.63, 3.8) is 0 Å². The molecular formula is C25H27N3O5S2. The number of hydrogen-bond acceptors (Lipinski definition) is 5. The number of carbonyl (C=O) groups excluding carboxylic acids is 1. The molecule has 184 valence electrons. The fourth-order valence-corrected chi connectivity index (χ4v) is 7.08. The molecule has 1 aliphatic rings. The molecule has 1 heterocycles. The van der Waals surface area contributed by atoms with Gasteiger partial charge in [-0.15, -0.1) is 0 Å². The molecule has 0 aliphatic carbocycles. The Hall–Kier alpha value is -3.05. The van der Waals surface area contributed by atoms with Gasteiger partial charge in [0.15, 0.2) is 0 Å². The minimum Gasteiger partial charge on any atom is -0.324 e. The molecule has 1 fully saturated rings. The van der Waals surface area contributed by atoms with E-state index in [0.717, 1.165) is 15.4 Å². The summed E-state index contributed by atoms with van der Waals surface area (Å²) in [7, 11) is -7.97. The van der Waals surface area contributed by atoms with E-state index in [9.17, 15) is 21.6 Å². The average Bonchev–Trinajstić information content (AvgIpc) is 2.87. The number of nitrogens with zero attached hydrogens (tertiary/aromatic N) is 2. The van der Waals surface area contributed by atoms with Gasteiger partial charge >= 0.3 is 0 Å². The van der Waals surface area contributed by atoms with Crippen molar-refractivity contribution in [1.82, 2.24) is 8.61 Å². The Kier molecular flexibility index (Phi) is 7.09. The van der Waals surface area contributed by atoms with Crippen LogP contribution in [0.2, 0.25) is 0 Å². The van der Waals surface area contributed by atoms with E-state index in [4.69, 9.17) is 0 Å². The van der Waals surface area contributed by atoms with Crippen LogP contribution in [0.3, 0.4) is 0 Å². The molecule has 0 saturated carbocycles. The highest BCUT2D eigenvalue weighted by Gasteiger charge is 2.43. The molecule has 3 aromatic rings. The molecule has 1 aliphatic heterocycles. The second-order valence-corrected chi connectivity index (χ2v) is 12.2. The largest absolute Gasteiger partial charge is 0.324 e. The number of anilines is 1. The minimum atomic E-state index is -4.05. The molecule has 0 radical (unpaired) electrons. The maximum atomic E-state index is 13.5. The minimum absolute atomic E-state index is 0.0453. The topological polar surface area (TPSA) is 104 Å². The highest BCUT2D eigenvalue weighted by atomic mass is 32.2. The lowest BCUT2D eigenvalue weighted by atomic mass is 10.1. The molecule has 1 saturated heterocycles. The summed E-state index contributed by atoms with van der Waals surface area (Å²) >= 11 is 0. The van der Waals surface area contributed by atoms with Crippen molar-refractivity contribution < 1.29 is 21.6 Å². The van der Waals surface area contributed by atoms with Crippen LogP contribution in [0.25, 0.3) is 0 Å². The number of piperazine rings is 1. The van der Waals surface area contributed by atoms with Crippen molar-refractivity contribution in [2.75, 3.05) is 25.0 Å². The molecule has 1 amide bonds. The maximum Gasteiger partial charge on any atom is 0.244 e. The van der Waals surface area contributed by atoms with Gasteiger partial charge in [-0.25, -0.2) is 16.8 Å². The standard InChI is InChI=1S/C25H27N3O5S2/c1-19-10-9-15-23(20(19)2)26-25(29)24-18-27(34(30,31)21-11-5-3-6-12-21)16-17-28(24)35(32,33)22-13-7-4-8-14-22/h3-15,24H,16-18H2,1-2H3,(H,26,29)/t24-/m1/s1. The normalized spacial score (nSPS) is 17.7. The van der Waals surface area contributed by atoms with Crippen molar-refractivity contribution in [3.05, 3.63) is 90.0 Å². The van der Waals surface area contributed by atoms with E-state index in [1.807, 2.05) is 19.9 Å². The van der Waals surface area contributed by atoms with Gasteiger partial charge in [0.25, 0.3) is 0 Å². The molecule has 0 unspecified atom stereocenters. The predicted molar refractivity (Wildman–Crippen MR) is 134 cm³/mol. The van der Waals surface area contributed by atoms with E-state index < -0.39 is 32.0 Å². The smallest absolute Gasteiger partial charge is 0.244 e. The number of nitrogens with one attached hydrogen (secondary N) is 1. The Morgan fingerprint density at radius 3 is 1.94 bits per heavy atom. The van der Waals surface area contributed by atoms with Crippen LogP contribution in [-0.4, -0.2) is 57.0 Å². The van der Waals surface area contributed by atoms with Crippen LogP contribution >= 0.6 is 0 Å². The third-order valence-corrected chi connectivity index (χ3v) is 9.99. The van der Waals surface area contributed by atoms with Crippen LogP contribution < -0.4 is 5.32 Å². The van der Waals surface area contributed by atoms with Crippen molar-refractivity contribution in [1.29, 1.82) is 0 Å². The number of hydrogen-bond donors (Lipinski definition) is 1. The third kappa shape index (κ3) is 5.01. The van der Waals surface area contributed by atoms with Crippen molar-refractivity contribution in [2.24, 2.45) is 0 Å². The molecule has 3 aromatic carbocycles. The second-order valence-electron chi connectivity index (χ2n) is 8.36. The van der Waals surface area contributed by atoms with Gasteiger partial charge in [-0.05, 0) is 55.3 Å². The lowest BCUT2D eigenvalue weighted by Crippen LogP contribution is -2.60. The number of carbonyl (C=O) groups is 1. The summed E-state index contributed by atoms with van der Waals surface area (Å²) < 4.78 is 55.8. The molecule has 1 N–H and O–H groups in total. The first kappa shape index (κ1) is 25.1. The Morgan fingerprint density at radius 2 is 1.34 bits per heavy atom. The van der Waals surface area contributed by atoms with Gasteiger partial charge in [0.05, 0.1) is 9.79 Å². The van der Waals surface area contributed by atoms with Gasteiger partial charge in [-0.2, -0.15) is 8.61 Å². The van der Waals surface area contributed by atoms with Gasteiger partial charge < -0.3 is 5.32 Å². The molecule has 35 heavy (non-hydrogen) atoms. The van der Waals surface area contributed by atoms with Crippen LogP contribution in [0.15, 0.2) is 88.7 Å². The van der Waals surface area contributed by atoms with E-state index in [1.54, 1.807) is 48.5 Å². The number of amides is 1. The first-order chi connectivity index (χ1) is 16.6. The fourth-order valence-electron chi connectivity index (χ4n) is 4.03. The first-order valence-electron chi connectivity index (χ1n) is 11.1. The van der Waals surface area contributed by atoms with Crippen LogP contribution in [0.1, 0.15) is 11.1 Å². The van der Waals surface area contributed by atoms with Gasteiger partial charge in [0.2, 0.25) is 26.0 Å². The monoisotopic (exact) mass is 513 g/mol. The Morgan fingerprint density at radius 1 is 0.771 bits per heavy atom. The van der Waals surface area contributed by atoms with Gasteiger partial charge in [0.1, 0.15) is 6.04 Å². The molecule has 0 aromatic heterocycles. The summed E-state index contributed by atoms with van der Waals surface area (Å²) in [5.74, 6) is -0.592. The maximum absolute atomic E-state index is 13.5. The molecular weight excluding hydrogens is 486 g/mol. The van der Waals surface area contributed by atoms with E-state index in [0.29, 0.717) is 5.69 Å². The number of aryl methyl sites for hydroxylation is 1. The van der Waals surface area contributed by atoms with Crippen LogP contribution in [0.4, 0.5) is 5.69 Å². The third-order valence-electron chi connectivity index (χ3n) is 6.19. The Bertz CT molecular complexity index is 1430. The Labute approximate surface area is 206 Å². The van der Waals surface area contributed by atoms with E-state index in [2.05, 4.69) is 5.32 Å². The van der Waals surface area contributed by atoms with Gasteiger partial charge in [-0.3, -0.25) is 4.79 Å². The molecule has 0 bridgehead atoms. The lowest BCUT2D eigenvalue weighted by Gasteiger charge is -2.39. The molecule has 4 rings (SSSR count). The number of benzene rings is 3. The fraction of sp³-hybridized carbons (Fsp3) is 0.240. The summed E-state index contributed by atoms with van der Waals surface area (Å²) in [5, 5.41) is 2.82. The summed E-state index contributed by atoms with van der Waals surface area (Å²) in [6, 6.07) is 19.9. The van der Waals surface area contributed by atoms with Crippen LogP contribution in [0, 0.1) is 13.8 Å². The van der Waals surface area contributed by atoms with Crippen LogP contribution in [0.5, 0.6) is 0 Å². The summed E-state index contributed by atoms with van der Waals surface area (Å²) in [6.45, 7) is 3.23. The summed E-state index contributed by atoms with van der Waals surface area (Å²) in [4.78, 5) is 13.6. The molecule has 10 heteroatoms. The van der Waals surface area contributed by atoms with Crippen molar-refractivity contribution in [2.45, 2.75) is 29.7 Å². The second kappa shape index (κ2) is 9.90. The number of rotatable bonds is 6. The summed E-state index contributed by atoms with van der Waals surface area (Å²) in [6.07, 6.45) is 0. The molecule has 8 nitrogen and oxygen atoms in total. The van der Waals surface area contributed by atoms with Gasteiger partial charge in [0, 0.05) is 25.3 Å². The quantitative estimate of drug-likeness (QED) is 0.546. The predicted octanol–water partition coefficient (Wildman–Crippen LogP) is 3.01. The summed E-state index contributed by atoms with van der Waals surface area (Å²) in [5.41, 5.74) is 2.37. The zero-order valence-electron chi connectivity index (χ0n) is 19.5.